The van der Waals surface area contributed by atoms with Gasteiger partial charge in [-0.05, 0) is 24.3 Å². The molecule has 0 saturated heterocycles. The zero-order chi connectivity index (χ0) is 10.8. The molecule has 0 radical (unpaired) electrons. The Balaban J connectivity index is 2.93. The molecule has 0 aliphatic heterocycles. The van der Waals surface area contributed by atoms with E-state index in [9.17, 15) is 17.6 Å². The van der Waals surface area contributed by atoms with Crippen LogP contribution in [-0.2, 0) is 0 Å². The van der Waals surface area contributed by atoms with Crippen molar-refractivity contribution in [3.63, 3.8) is 0 Å². The van der Waals surface area contributed by atoms with Crippen molar-refractivity contribution in [2.24, 2.45) is 10.7 Å². The Labute approximate surface area is 77.1 Å². The fraction of sp³-hybridized carbons (Fsp3) is 0.125. The normalized spacial score (nSPS) is 13.0. The highest BCUT2D eigenvalue weighted by Gasteiger charge is 2.33. The van der Waals surface area contributed by atoms with Crippen LogP contribution in [0.2, 0.25) is 0 Å². The molecule has 1 aromatic rings. The molecule has 0 fully saturated rings. The van der Waals surface area contributed by atoms with E-state index in [-0.39, 0.29) is 5.69 Å². The lowest BCUT2D eigenvalue weighted by molar-refractivity contribution is -0.0597. The number of nitrogens with zero attached hydrogens (tertiary/aromatic N) is 1. The molecule has 1 aromatic carbocycles. The summed E-state index contributed by atoms with van der Waals surface area (Å²) >= 11 is 0. The summed E-state index contributed by atoms with van der Waals surface area (Å²) in [5, 5.41) is 0. The van der Waals surface area contributed by atoms with Gasteiger partial charge in [0, 0.05) is 0 Å². The fourth-order valence-electron chi connectivity index (χ4n) is 0.718. The van der Waals surface area contributed by atoms with Crippen molar-refractivity contribution in [2.45, 2.75) is 6.18 Å². The maximum atomic E-state index is 12.4. The average Bonchev–Trinajstić information content (AvgIpc) is 2.07. The first-order chi connectivity index (χ1) is 6.39. The van der Waals surface area contributed by atoms with E-state index in [1.54, 1.807) is 0 Å². The number of aliphatic imine (C=N–C) groups is 1. The lowest BCUT2D eigenvalue weighted by Crippen LogP contribution is -2.30. The minimum Gasteiger partial charge on any atom is -0.380 e. The first-order valence-corrected chi connectivity index (χ1v) is 3.56. The predicted molar refractivity (Wildman–Crippen MR) is 43.7 cm³/mol. The van der Waals surface area contributed by atoms with Crippen LogP contribution in [0.4, 0.5) is 23.2 Å². The zero-order valence-electron chi connectivity index (χ0n) is 6.85. The monoisotopic (exact) mass is 206 g/mol. The van der Waals surface area contributed by atoms with E-state index in [0.717, 1.165) is 24.3 Å². The molecular weight excluding hydrogens is 200 g/mol. The molecular formula is C8H6F4N2. The molecule has 1 rings (SSSR count). The Morgan fingerprint density at radius 2 is 1.64 bits per heavy atom. The van der Waals surface area contributed by atoms with Gasteiger partial charge in [-0.1, -0.05) is 0 Å². The summed E-state index contributed by atoms with van der Waals surface area (Å²) < 4.78 is 48.0. The largest absolute Gasteiger partial charge is 0.448 e. The number of hydrogen-bond acceptors (Lipinski definition) is 1. The lowest BCUT2D eigenvalue weighted by Gasteiger charge is -2.04. The van der Waals surface area contributed by atoms with E-state index in [1.807, 2.05) is 0 Å². The van der Waals surface area contributed by atoms with E-state index in [4.69, 9.17) is 0 Å². The maximum absolute atomic E-state index is 12.4. The maximum Gasteiger partial charge on any atom is 0.448 e. The molecule has 0 aliphatic carbocycles. The van der Waals surface area contributed by atoms with E-state index in [1.165, 1.54) is 0 Å². The Bertz CT molecular complexity index is 339. The minimum atomic E-state index is -4.66. The molecule has 14 heavy (non-hydrogen) atoms. The van der Waals surface area contributed by atoms with Crippen LogP contribution >= 0.6 is 0 Å². The van der Waals surface area contributed by atoms with Gasteiger partial charge in [-0.25, -0.2) is 9.38 Å². The number of hydrogen-bond donors (Lipinski definition) is 1. The van der Waals surface area contributed by atoms with Crippen LogP contribution in [0.5, 0.6) is 0 Å². The van der Waals surface area contributed by atoms with Crippen molar-refractivity contribution in [1.82, 2.24) is 0 Å². The van der Waals surface area contributed by atoms with Gasteiger partial charge in [0.25, 0.3) is 0 Å². The molecule has 0 aliphatic rings. The Hall–Kier alpha value is -1.59. The van der Waals surface area contributed by atoms with Crippen molar-refractivity contribution < 1.29 is 17.6 Å². The second-order valence-corrected chi connectivity index (χ2v) is 2.47. The summed E-state index contributed by atoms with van der Waals surface area (Å²) in [7, 11) is 0. The van der Waals surface area contributed by atoms with Crippen LogP contribution in [-0.4, -0.2) is 12.0 Å². The standard InChI is InChI=1S/C8H6F4N2/c9-5-1-3-6(4-2-5)14-7(13)8(10,11)12/h1-4H,(H2,13,14). The average molecular weight is 206 g/mol. The third-order valence-corrected chi connectivity index (χ3v) is 1.37. The third kappa shape index (κ3) is 2.72. The highest BCUT2D eigenvalue weighted by molar-refractivity contribution is 5.88. The van der Waals surface area contributed by atoms with Crippen LogP contribution in [0.15, 0.2) is 29.3 Å². The second kappa shape index (κ2) is 3.65. The van der Waals surface area contributed by atoms with E-state index >= 15 is 0 Å². The Morgan fingerprint density at radius 3 is 2.07 bits per heavy atom. The number of halogens is 4. The summed E-state index contributed by atoms with van der Waals surface area (Å²) in [6.07, 6.45) is -4.66. The van der Waals surface area contributed by atoms with Gasteiger partial charge in [-0.3, -0.25) is 0 Å². The number of rotatable bonds is 1. The molecule has 0 heterocycles. The van der Waals surface area contributed by atoms with Crippen LogP contribution in [0.25, 0.3) is 0 Å². The van der Waals surface area contributed by atoms with E-state index in [2.05, 4.69) is 10.7 Å². The SMILES string of the molecule is NC(=Nc1ccc(F)cc1)C(F)(F)F. The number of nitrogens with two attached hydrogens (primary N) is 1. The van der Waals surface area contributed by atoms with Crippen molar-refractivity contribution in [3.05, 3.63) is 30.1 Å². The summed E-state index contributed by atoms with van der Waals surface area (Å²) in [5.41, 5.74) is 4.61. The number of amidine groups is 1. The fourth-order valence-corrected chi connectivity index (χ4v) is 0.718. The third-order valence-electron chi connectivity index (χ3n) is 1.37. The Kier molecular flexibility index (Phi) is 2.73. The number of alkyl halides is 3. The minimum absolute atomic E-state index is 0.0405. The molecule has 0 spiro atoms. The highest BCUT2D eigenvalue weighted by Crippen LogP contribution is 2.19. The highest BCUT2D eigenvalue weighted by atomic mass is 19.4. The van der Waals surface area contributed by atoms with E-state index < -0.39 is 17.8 Å². The quantitative estimate of drug-likeness (QED) is 0.427. The van der Waals surface area contributed by atoms with Gasteiger partial charge in [-0.2, -0.15) is 13.2 Å². The van der Waals surface area contributed by atoms with E-state index in [0.29, 0.717) is 0 Å². The molecule has 0 aromatic heterocycles. The molecule has 0 bridgehead atoms. The molecule has 0 amide bonds. The summed E-state index contributed by atoms with van der Waals surface area (Å²) in [5.74, 6) is -2.00. The molecule has 0 atom stereocenters. The molecule has 2 nitrogen and oxygen atoms in total. The van der Waals surface area contributed by atoms with Crippen molar-refractivity contribution >= 4 is 11.5 Å². The predicted octanol–water partition coefficient (Wildman–Crippen LogP) is 2.38. The summed E-state index contributed by atoms with van der Waals surface area (Å²) in [6.45, 7) is 0. The van der Waals surface area contributed by atoms with Crippen LogP contribution in [0, 0.1) is 5.82 Å². The molecule has 76 valence electrons. The Morgan fingerprint density at radius 1 is 1.14 bits per heavy atom. The second-order valence-electron chi connectivity index (χ2n) is 2.47. The molecule has 2 N–H and O–H groups in total. The summed E-state index contributed by atoms with van der Waals surface area (Å²) in [4.78, 5) is 3.07. The molecule has 0 saturated carbocycles. The first-order valence-electron chi connectivity index (χ1n) is 3.56. The van der Waals surface area contributed by atoms with Crippen molar-refractivity contribution in [1.29, 1.82) is 0 Å². The van der Waals surface area contributed by atoms with Crippen LogP contribution in [0.1, 0.15) is 0 Å². The zero-order valence-corrected chi connectivity index (χ0v) is 6.85. The van der Waals surface area contributed by atoms with Crippen LogP contribution < -0.4 is 5.73 Å². The van der Waals surface area contributed by atoms with Crippen molar-refractivity contribution in [3.8, 4) is 0 Å². The molecule has 0 unspecified atom stereocenters. The van der Waals surface area contributed by atoms with Gasteiger partial charge in [0.05, 0.1) is 5.69 Å². The van der Waals surface area contributed by atoms with Gasteiger partial charge in [0.15, 0.2) is 0 Å². The van der Waals surface area contributed by atoms with Crippen molar-refractivity contribution in [2.75, 3.05) is 0 Å². The summed E-state index contributed by atoms with van der Waals surface area (Å²) in [6, 6.07) is 4.22. The van der Waals surface area contributed by atoms with Gasteiger partial charge in [0.1, 0.15) is 5.82 Å². The smallest absolute Gasteiger partial charge is 0.380 e. The van der Waals surface area contributed by atoms with Crippen LogP contribution in [0.3, 0.4) is 0 Å². The van der Waals surface area contributed by atoms with Gasteiger partial charge >= 0.3 is 6.18 Å². The number of benzene rings is 1. The van der Waals surface area contributed by atoms with Gasteiger partial charge < -0.3 is 5.73 Å². The first kappa shape index (κ1) is 10.5. The lowest BCUT2D eigenvalue weighted by atomic mass is 10.3. The van der Waals surface area contributed by atoms with Gasteiger partial charge in [-0.15, -0.1) is 0 Å². The van der Waals surface area contributed by atoms with Gasteiger partial charge in [0.2, 0.25) is 5.84 Å². The molecule has 6 heteroatoms. The topological polar surface area (TPSA) is 38.4 Å².